The van der Waals surface area contributed by atoms with Gasteiger partial charge in [0.15, 0.2) is 11.5 Å². The molecule has 0 aliphatic carbocycles. The van der Waals surface area contributed by atoms with Crippen LogP contribution in [0.15, 0.2) is 54.0 Å². The zero-order valence-corrected chi connectivity index (χ0v) is 27.3. The number of phenols is 1. The summed E-state index contributed by atoms with van der Waals surface area (Å²) >= 11 is 18.7. The first-order chi connectivity index (χ1) is 20.6. The molecule has 4 heterocycles. The van der Waals surface area contributed by atoms with Crippen molar-refractivity contribution in [2.45, 2.75) is 35.1 Å². The summed E-state index contributed by atoms with van der Waals surface area (Å²) in [5.74, 6) is -3.18. The molecule has 0 bridgehead atoms. The van der Waals surface area contributed by atoms with Crippen LogP contribution in [0.4, 0.5) is 14.6 Å². The van der Waals surface area contributed by atoms with Crippen molar-refractivity contribution >= 4 is 73.3 Å². The minimum Gasteiger partial charge on any atom is -0.507 e. The number of halogens is 2. The fourth-order valence-electron chi connectivity index (χ4n) is 5.31. The molecule has 5 rings (SSSR count). The largest absolute Gasteiger partial charge is 0.507 e. The highest BCUT2D eigenvalue weighted by atomic mass is 32.2. The highest BCUT2D eigenvalue weighted by Crippen LogP contribution is 2.47. The van der Waals surface area contributed by atoms with E-state index in [-0.39, 0.29) is 35.9 Å². The average Bonchev–Trinajstić information content (AvgIpc) is 2.92. The maximum Gasteiger partial charge on any atom is 0.355 e. The van der Waals surface area contributed by atoms with Crippen LogP contribution in [0.5, 0.6) is 5.75 Å². The van der Waals surface area contributed by atoms with E-state index >= 15 is 8.78 Å². The smallest absolute Gasteiger partial charge is 0.355 e. The van der Waals surface area contributed by atoms with Gasteiger partial charge in [0.1, 0.15) is 31.5 Å². The number of anilines is 1. The second kappa shape index (κ2) is 11.6. The molecule has 1 amide bonds. The Labute approximate surface area is 273 Å². The van der Waals surface area contributed by atoms with Gasteiger partial charge >= 0.3 is 5.69 Å². The lowest BCUT2D eigenvalue weighted by molar-refractivity contribution is -0.126. The number of nitrogens with zero attached hydrogens (tertiary/aromatic N) is 6. The summed E-state index contributed by atoms with van der Waals surface area (Å²) in [6.45, 7) is 8.91. The van der Waals surface area contributed by atoms with Crippen LogP contribution in [0.2, 0.25) is 0 Å². The van der Waals surface area contributed by atoms with Gasteiger partial charge in [-0.25, -0.2) is 23.1 Å². The Hall–Kier alpha value is -3.27. The summed E-state index contributed by atoms with van der Waals surface area (Å²) in [5.41, 5.74) is -0.399. The van der Waals surface area contributed by atoms with Crippen LogP contribution in [0.25, 0.3) is 28.0 Å². The fraction of sp³-hybridized carbons (Fsp3) is 0.276. The number of phenolic OH excluding ortho intramolecular Hbond substituents is 1. The zero-order chi connectivity index (χ0) is 32.3. The van der Waals surface area contributed by atoms with Crippen molar-refractivity contribution in [3.63, 3.8) is 0 Å². The molecule has 0 spiro atoms. The Bertz CT molecular complexity index is 1860. The molecule has 9 nitrogen and oxygen atoms in total. The number of hydrogen-bond donors (Lipinski definition) is 5. The van der Waals surface area contributed by atoms with Crippen LogP contribution in [0, 0.1) is 18.6 Å². The standard InChI is InChI=1S/C29H28F2N6O3S4/c1-5-20(39)35-12-28(41,42)37(29(43,44)13-35)26-16-11-18(31)23(21-17(30)7-6-8-19(21)38)33-25(16)36(27(40)34-26)24-15(4)9-10-32-22(24)14(2)3/h5-11,14,38,41-44H,1,12-13H2,2-4H3. The highest BCUT2D eigenvalue weighted by Gasteiger charge is 2.50. The van der Waals surface area contributed by atoms with E-state index in [2.05, 4.69) is 72.0 Å². The van der Waals surface area contributed by atoms with Gasteiger partial charge in [0.2, 0.25) is 5.91 Å². The van der Waals surface area contributed by atoms with E-state index in [0.29, 0.717) is 16.9 Å². The van der Waals surface area contributed by atoms with Crippen LogP contribution in [-0.2, 0) is 4.79 Å². The summed E-state index contributed by atoms with van der Waals surface area (Å²) < 4.78 is 29.1. The van der Waals surface area contributed by atoms with Crippen LogP contribution in [0.3, 0.4) is 0 Å². The number of fused-ring (bicyclic) bond motifs is 1. The summed E-state index contributed by atoms with van der Waals surface area (Å²) in [4.78, 5) is 42.7. The summed E-state index contributed by atoms with van der Waals surface area (Å²) in [6.07, 6.45) is 2.73. The molecule has 230 valence electrons. The lowest BCUT2D eigenvalue weighted by atomic mass is 10.0. The molecule has 1 fully saturated rings. The van der Waals surface area contributed by atoms with E-state index in [1.54, 1.807) is 19.2 Å². The van der Waals surface area contributed by atoms with E-state index < -0.39 is 48.6 Å². The lowest BCUT2D eigenvalue weighted by Crippen LogP contribution is -2.66. The van der Waals surface area contributed by atoms with E-state index in [1.165, 1.54) is 26.5 Å². The quantitative estimate of drug-likeness (QED) is 0.114. The average molecular weight is 675 g/mol. The van der Waals surface area contributed by atoms with E-state index in [4.69, 9.17) is 0 Å². The minimum atomic E-state index is -1.54. The van der Waals surface area contributed by atoms with Crippen molar-refractivity contribution in [2.75, 3.05) is 18.0 Å². The summed E-state index contributed by atoms with van der Waals surface area (Å²) in [7, 11) is 0. The Morgan fingerprint density at radius 2 is 1.75 bits per heavy atom. The third kappa shape index (κ3) is 5.43. The van der Waals surface area contributed by atoms with Gasteiger partial charge < -0.3 is 14.9 Å². The summed E-state index contributed by atoms with van der Waals surface area (Å²) in [5, 5.41) is 10.5. The zero-order valence-electron chi connectivity index (χ0n) is 23.7. The molecule has 1 N–H and O–H groups in total. The maximum absolute atomic E-state index is 16.0. The lowest BCUT2D eigenvalue weighted by Gasteiger charge is -2.53. The van der Waals surface area contributed by atoms with E-state index in [9.17, 15) is 14.7 Å². The van der Waals surface area contributed by atoms with Crippen molar-refractivity contribution in [1.82, 2.24) is 24.4 Å². The number of piperazine rings is 1. The number of pyridine rings is 2. The van der Waals surface area contributed by atoms with Crippen LogP contribution in [-0.4, -0.2) is 56.9 Å². The van der Waals surface area contributed by atoms with Gasteiger partial charge in [0.25, 0.3) is 0 Å². The predicted octanol–water partition coefficient (Wildman–Crippen LogP) is 5.12. The molecular weight excluding hydrogens is 647 g/mol. The van der Waals surface area contributed by atoms with Gasteiger partial charge in [0.05, 0.1) is 35.4 Å². The van der Waals surface area contributed by atoms with Crippen molar-refractivity contribution in [1.29, 1.82) is 0 Å². The number of thiol groups is 4. The fourth-order valence-corrected chi connectivity index (χ4v) is 7.37. The van der Waals surface area contributed by atoms with Crippen molar-refractivity contribution in [3.8, 4) is 22.7 Å². The molecule has 15 heteroatoms. The number of amides is 1. The van der Waals surface area contributed by atoms with Crippen LogP contribution in [0.1, 0.15) is 31.0 Å². The Morgan fingerprint density at radius 1 is 1.09 bits per heavy atom. The molecule has 0 unspecified atom stereocenters. The first-order valence-corrected chi connectivity index (χ1v) is 15.1. The molecule has 4 aromatic rings. The van der Waals surface area contributed by atoms with E-state index in [1.807, 2.05) is 13.8 Å². The van der Waals surface area contributed by atoms with Crippen LogP contribution >= 0.6 is 50.5 Å². The molecule has 0 radical (unpaired) electrons. The third-order valence-corrected chi connectivity index (χ3v) is 8.54. The Morgan fingerprint density at radius 3 is 2.34 bits per heavy atom. The van der Waals surface area contributed by atoms with Crippen molar-refractivity contribution in [3.05, 3.63) is 82.6 Å². The maximum atomic E-state index is 16.0. The Balaban J connectivity index is 1.91. The normalized spacial score (nSPS) is 16.0. The Kier molecular flexibility index (Phi) is 8.46. The molecule has 0 atom stereocenters. The molecular formula is C29H28F2N6O3S4. The molecule has 44 heavy (non-hydrogen) atoms. The number of aromatic nitrogens is 4. The highest BCUT2D eigenvalue weighted by molar-refractivity contribution is 8.02. The molecule has 1 saturated heterocycles. The monoisotopic (exact) mass is 674 g/mol. The number of aryl methyl sites for hydroxylation is 1. The molecule has 1 aromatic carbocycles. The summed E-state index contributed by atoms with van der Waals surface area (Å²) in [6, 6.07) is 6.28. The van der Waals surface area contributed by atoms with Crippen LogP contribution < -0.4 is 10.6 Å². The molecule has 1 aliphatic heterocycles. The number of aromatic hydroxyl groups is 1. The molecule has 3 aromatic heterocycles. The minimum absolute atomic E-state index is 0.00286. The van der Waals surface area contributed by atoms with Gasteiger partial charge in [-0.1, -0.05) is 26.5 Å². The topological polar surface area (TPSA) is 104 Å². The first-order valence-electron chi connectivity index (χ1n) is 13.3. The van der Waals surface area contributed by atoms with Crippen molar-refractivity contribution in [2.24, 2.45) is 0 Å². The first kappa shape index (κ1) is 32.1. The van der Waals surface area contributed by atoms with Gasteiger partial charge in [-0.3, -0.25) is 9.78 Å². The number of hydrogen-bond acceptors (Lipinski definition) is 11. The second-order valence-corrected chi connectivity index (χ2v) is 14.3. The number of benzene rings is 1. The van der Waals surface area contributed by atoms with Gasteiger partial charge in [-0.15, -0.1) is 50.5 Å². The van der Waals surface area contributed by atoms with Gasteiger partial charge in [-0.05, 0) is 48.7 Å². The SMILES string of the molecule is C=CC(=O)N1CC(S)(S)N(c2nc(=O)n(-c3c(C)ccnc3C(C)C)c3nc(-c4c(O)cccc4F)c(F)cc23)C(S)(S)C1. The molecule has 1 aliphatic rings. The van der Waals surface area contributed by atoms with Crippen molar-refractivity contribution < 1.29 is 18.7 Å². The molecule has 0 saturated carbocycles. The second-order valence-electron chi connectivity index (χ2n) is 10.7. The van der Waals surface area contributed by atoms with E-state index in [0.717, 1.165) is 18.2 Å². The number of carbonyl (C=O) groups is 1. The predicted molar refractivity (Wildman–Crippen MR) is 179 cm³/mol. The van der Waals surface area contributed by atoms with Gasteiger partial charge in [0, 0.05) is 6.20 Å². The van der Waals surface area contributed by atoms with Gasteiger partial charge in [-0.2, -0.15) is 4.98 Å². The number of rotatable bonds is 5. The third-order valence-electron chi connectivity index (χ3n) is 7.17. The number of carbonyl (C=O) groups excluding carboxylic acids is 1.